The zero-order valence-corrected chi connectivity index (χ0v) is 12.7. The SMILES string of the molecule is O=C(CNc1ccc([N+](=O)[O-])cc1)Sc1nc2ccccc2[nH]1. The smallest absolute Gasteiger partial charge is 0.269 e. The number of thioether (sulfide) groups is 1. The van der Waals surface area contributed by atoms with E-state index in [0.29, 0.717) is 10.8 Å². The van der Waals surface area contributed by atoms with Gasteiger partial charge in [0, 0.05) is 17.8 Å². The van der Waals surface area contributed by atoms with Gasteiger partial charge in [0.15, 0.2) is 5.16 Å². The van der Waals surface area contributed by atoms with Gasteiger partial charge in [-0.2, -0.15) is 0 Å². The summed E-state index contributed by atoms with van der Waals surface area (Å²) in [4.78, 5) is 29.5. The van der Waals surface area contributed by atoms with Gasteiger partial charge >= 0.3 is 0 Å². The molecule has 0 bridgehead atoms. The molecule has 1 aromatic heterocycles. The fourth-order valence-electron chi connectivity index (χ4n) is 2.00. The molecule has 8 heteroatoms. The third-order valence-electron chi connectivity index (χ3n) is 3.09. The quantitative estimate of drug-likeness (QED) is 0.424. The number of nitrogens with one attached hydrogen (secondary N) is 2. The first-order valence-corrected chi connectivity index (χ1v) is 7.57. The van der Waals surface area contributed by atoms with E-state index in [2.05, 4.69) is 15.3 Å². The molecular formula is C15H12N4O3S. The molecule has 2 aromatic carbocycles. The highest BCUT2D eigenvalue weighted by Crippen LogP contribution is 2.20. The number of non-ortho nitro benzene ring substituents is 1. The zero-order valence-electron chi connectivity index (χ0n) is 11.9. The molecule has 23 heavy (non-hydrogen) atoms. The molecule has 0 aliphatic heterocycles. The number of hydrogen-bond acceptors (Lipinski definition) is 6. The van der Waals surface area contributed by atoms with Gasteiger partial charge in [0.25, 0.3) is 5.69 Å². The maximum absolute atomic E-state index is 12.0. The lowest BCUT2D eigenvalue weighted by Gasteiger charge is -2.04. The highest BCUT2D eigenvalue weighted by Gasteiger charge is 2.10. The van der Waals surface area contributed by atoms with Crippen LogP contribution in [0.2, 0.25) is 0 Å². The Morgan fingerprint density at radius 2 is 1.96 bits per heavy atom. The first kappa shape index (κ1) is 15.0. The van der Waals surface area contributed by atoms with Crippen LogP contribution in [0.15, 0.2) is 53.7 Å². The summed E-state index contributed by atoms with van der Waals surface area (Å²) in [5.74, 6) is 0. The van der Waals surface area contributed by atoms with Crippen molar-refractivity contribution in [1.29, 1.82) is 0 Å². The van der Waals surface area contributed by atoms with E-state index < -0.39 is 4.92 Å². The minimum atomic E-state index is -0.466. The lowest BCUT2D eigenvalue weighted by Crippen LogP contribution is -2.10. The molecule has 0 radical (unpaired) electrons. The fraction of sp³-hybridized carbons (Fsp3) is 0.0667. The van der Waals surface area contributed by atoms with Crippen molar-refractivity contribution in [3.63, 3.8) is 0 Å². The van der Waals surface area contributed by atoms with Crippen LogP contribution in [-0.2, 0) is 4.79 Å². The number of benzene rings is 2. The van der Waals surface area contributed by atoms with E-state index >= 15 is 0 Å². The van der Waals surface area contributed by atoms with E-state index in [4.69, 9.17) is 0 Å². The molecule has 3 aromatic rings. The molecule has 0 aliphatic rings. The largest absolute Gasteiger partial charge is 0.377 e. The molecule has 7 nitrogen and oxygen atoms in total. The Balaban J connectivity index is 1.57. The molecule has 0 spiro atoms. The standard InChI is InChI=1S/C15H12N4O3S/c20-14(9-16-10-5-7-11(8-6-10)19(21)22)23-15-17-12-3-1-2-4-13(12)18-15/h1-8,16H,9H2,(H,17,18). The van der Waals surface area contributed by atoms with Crippen molar-refractivity contribution in [2.24, 2.45) is 0 Å². The van der Waals surface area contributed by atoms with Crippen molar-refractivity contribution < 1.29 is 9.72 Å². The first-order chi connectivity index (χ1) is 11.1. The molecule has 0 unspecified atom stereocenters. The Morgan fingerprint density at radius 3 is 2.65 bits per heavy atom. The second-order valence-corrected chi connectivity index (χ2v) is 5.74. The molecular weight excluding hydrogens is 316 g/mol. The summed E-state index contributed by atoms with van der Waals surface area (Å²) in [5.41, 5.74) is 2.35. The zero-order chi connectivity index (χ0) is 16.2. The van der Waals surface area contributed by atoms with Gasteiger partial charge in [0.1, 0.15) is 0 Å². The minimum Gasteiger partial charge on any atom is -0.377 e. The first-order valence-electron chi connectivity index (χ1n) is 6.75. The number of fused-ring (bicyclic) bond motifs is 1. The van der Waals surface area contributed by atoms with Crippen LogP contribution in [0.3, 0.4) is 0 Å². The fourth-order valence-corrected chi connectivity index (χ4v) is 2.66. The molecule has 0 amide bonds. The van der Waals surface area contributed by atoms with Crippen molar-refractivity contribution in [2.45, 2.75) is 5.16 Å². The van der Waals surface area contributed by atoms with Crippen LogP contribution in [0, 0.1) is 10.1 Å². The van der Waals surface area contributed by atoms with Crippen molar-refractivity contribution in [1.82, 2.24) is 9.97 Å². The van der Waals surface area contributed by atoms with Crippen LogP contribution < -0.4 is 5.32 Å². The minimum absolute atomic E-state index is 0.0125. The molecule has 0 aliphatic carbocycles. The molecule has 0 saturated carbocycles. The van der Waals surface area contributed by atoms with Crippen LogP contribution in [0.25, 0.3) is 11.0 Å². The summed E-state index contributed by atoms with van der Waals surface area (Å²) >= 11 is 1.02. The molecule has 2 N–H and O–H groups in total. The van der Waals surface area contributed by atoms with Gasteiger partial charge in [-0.05, 0) is 36.0 Å². The molecule has 0 fully saturated rings. The number of nitro groups is 1. The molecule has 0 atom stereocenters. The van der Waals surface area contributed by atoms with E-state index in [1.807, 2.05) is 24.3 Å². The van der Waals surface area contributed by atoms with Crippen molar-refractivity contribution in [3.05, 3.63) is 58.6 Å². The monoisotopic (exact) mass is 328 g/mol. The number of hydrogen-bond donors (Lipinski definition) is 2. The molecule has 1 heterocycles. The number of carbonyl (C=O) groups is 1. The normalized spacial score (nSPS) is 10.6. The number of nitrogens with zero attached hydrogens (tertiary/aromatic N) is 2. The van der Waals surface area contributed by atoms with Gasteiger partial charge in [0.05, 0.1) is 22.5 Å². The van der Waals surface area contributed by atoms with Gasteiger partial charge < -0.3 is 10.3 Å². The highest BCUT2D eigenvalue weighted by molar-refractivity contribution is 8.13. The van der Waals surface area contributed by atoms with Crippen LogP contribution in [0.5, 0.6) is 0 Å². The Hall–Kier alpha value is -2.87. The van der Waals surface area contributed by atoms with Gasteiger partial charge in [-0.15, -0.1) is 0 Å². The van der Waals surface area contributed by atoms with E-state index in [-0.39, 0.29) is 17.3 Å². The van der Waals surface area contributed by atoms with Crippen LogP contribution in [-0.4, -0.2) is 26.6 Å². The van der Waals surface area contributed by atoms with Gasteiger partial charge in [-0.1, -0.05) is 12.1 Å². The molecule has 3 rings (SSSR count). The second-order valence-electron chi connectivity index (χ2n) is 4.69. The van der Waals surface area contributed by atoms with Crippen LogP contribution in [0.4, 0.5) is 11.4 Å². The van der Waals surface area contributed by atoms with Crippen molar-refractivity contribution in [3.8, 4) is 0 Å². The maximum atomic E-state index is 12.0. The summed E-state index contributed by atoms with van der Waals surface area (Å²) < 4.78 is 0. The third kappa shape index (κ3) is 3.67. The number of aromatic amines is 1. The predicted octanol–water partition coefficient (Wildman–Crippen LogP) is 3.20. The summed E-state index contributed by atoms with van der Waals surface area (Å²) in [6.07, 6.45) is 0. The van der Waals surface area contributed by atoms with Crippen LogP contribution >= 0.6 is 11.8 Å². The average Bonchev–Trinajstić information content (AvgIpc) is 2.95. The van der Waals surface area contributed by atoms with Crippen molar-refractivity contribution >= 4 is 39.3 Å². The highest BCUT2D eigenvalue weighted by atomic mass is 32.2. The third-order valence-corrected chi connectivity index (χ3v) is 3.85. The van der Waals surface area contributed by atoms with E-state index in [1.165, 1.54) is 12.1 Å². The summed E-state index contributed by atoms with van der Waals surface area (Å²) in [7, 11) is 0. The Morgan fingerprint density at radius 1 is 1.22 bits per heavy atom. The molecule has 0 saturated heterocycles. The van der Waals surface area contributed by atoms with Gasteiger partial charge in [0.2, 0.25) is 5.12 Å². The number of para-hydroxylation sites is 2. The summed E-state index contributed by atoms with van der Waals surface area (Å²) in [6.45, 7) is 0.0967. The maximum Gasteiger partial charge on any atom is 0.269 e. The van der Waals surface area contributed by atoms with Gasteiger partial charge in [-0.25, -0.2) is 4.98 Å². The molecule has 116 valence electrons. The van der Waals surface area contributed by atoms with E-state index in [1.54, 1.807) is 12.1 Å². The Kier molecular flexibility index (Phi) is 4.24. The summed E-state index contributed by atoms with van der Waals surface area (Å²) in [5, 5.41) is 13.9. The Bertz CT molecular complexity index is 828. The average molecular weight is 328 g/mol. The number of rotatable bonds is 5. The number of carbonyl (C=O) groups excluding carboxylic acids is 1. The van der Waals surface area contributed by atoms with Crippen LogP contribution in [0.1, 0.15) is 0 Å². The summed E-state index contributed by atoms with van der Waals surface area (Å²) in [6, 6.07) is 13.5. The Labute approximate surface area is 135 Å². The topological polar surface area (TPSA) is 101 Å². The van der Waals surface area contributed by atoms with E-state index in [0.717, 1.165) is 22.8 Å². The van der Waals surface area contributed by atoms with E-state index in [9.17, 15) is 14.9 Å². The van der Waals surface area contributed by atoms with Crippen molar-refractivity contribution in [2.75, 3.05) is 11.9 Å². The number of aromatic nitrogens is 2. The number of anilines is 1. The predicted molar refractivity (Wildman–Crippen MR) is 88.5 cm³/mol. The number of H-pyrrole nitrogens is 1. The lowest BCUT2D eigenvalue weighted by atomic mass is 10.3. The second kappa shape index (κ2) is 6.49. The number of imidazole rings is 1. The van der Waals surface area contributed by atoms with Gasteiger partial charge in [-0.3, -0.25) is 14.9 Å². The number of nitro benzene ring substituents is 1. The lowest BCUT2D eigenvalue weighted by molar-refractivity contribution is -0.384.